The van der Waals surface area contributed by atoms with Crippen molar-refractivity contribution in [2.24, 2.45) is 5.73 Å². The molecule has 2 rings (SSSR count). The smallest absolute Gasteiger partial charge is 0.405 e. The van der Waals surface area contributed by atoms with Crippen molar-refractivity contribution in [3.63, 3.8) is 0 Å². The Kier molecular flexibility index (Phi) is 5.84. The quantitative estimate of drug-likeness (QED) is 0.770. The minimum atomic E-state index is -0.725. The molecule has 0 atom stereocenters. The molecule has 0 unspecified atom stereocenters. The number of amides is 2. The molecule has 0 aliphatic carbocycles. The predicted molar refractivity (Wildman–Crippen MR) is 80.6 cm³/mol. The molecule has 7 heteroatoms. The third-order valence-electron chi connectivity index (χ3n) is 2.21. The van der Waals surface area contributed by atoms with Crippen molar-refractivity contribution in [1.82, 2.24) is 0 Å². The lowest BCUT2D eigenvalue weighted by molar-refractivity contribution is -0.116. The van der Waals surface area contributed by atoms with E-state index < -0.39 is 11.7 Å². The lowest BCUT2D eigenvalue weighted by Gasteiger charge is -2.16. The fourth-order valence-electron chi connectivity index (χ4n) is 1.49. The maximum atomic E-state index is 11.1. The minimum absolute atomic E-state index is 0.0407. The van der Waals surface area contributed by atoms with E-state index in [1.54, 1.807) is 39.0 Å². The summed E-state index contributed by atoms with van der Waals surface area (Å²) in [5.41, 5.74) is 4.91. The molecule has 1 aromatic rings. The molecule has 2 amide bonds. The van der Waals surface area contributed by atoms with Crippen LogP contribution in [-0.2, 0) is 9.53 Å². The van der Waals surface area contributed by atoms with E-state index in [1.807, 2.05) is 0 Å². The first-order valence-electron chi connectivity index (χ1n) is 6.38. The van der Waals surface area contributed by atoms with Gasteiger partial charge in [-0.15, -0.1) is 0 Å². The Hall–Kier alpha value is -1.95. The van der Waals surface area contributed by atoms with Crippen molar-refractivity contribution in [3.8, 4) is 5.75 Å². The number of primary amides is 1. The summed E-state index contributed by atoms with van der Waals surface area (Å²) in [6.07, 6.45) is -0.343. The molecule has 0 bridgehead atoms. The van der Waals surface area contributed by atoms with E-state index in [1.165, 1.54) is 0 Å². The first-order valence-corrected chi connectivity index (χ1v) is 6.76. The van der Waals surface area contributed by atoms with Crippen molar-refractivity contribution < 1.29 is 19.1 Å². The monoisotopic (exact) mass is 314 g/mol. The number of benzene rings is 1. The number of hydrogen-bond donors (Lipinski definition) is 2. The van der Waals surface area contributed by atoms with Gasteiger partial charge in [0.2, 0.25) is 5.91 Å². The fraction of sp³-hybridized carbons (Fsp3) is 0.429. The van der Waals surface area contributed by atoms with Crippen LogP contribution in [-0.4, -0.2) is 24.2 Å². The normalized spacial score (nSPS) is 13.6. The molecule has 0 aromatic heterocycles. The van der Waals surface area contributed by atoms with Crippen LogP contribution in [0.1, 0.15) is 27.2 Å². The Bertz CT molecular complexity index is 526. The van der Waals surface area contributed by atoms with Gasteiger partial charge in [-0.3, -0.25) is 4.79 Å². The molecule has 0 fully saturated rings. The van der Waals surface area contributed by atoms with Crippen molar-refractivity contribution in [2.45, 2.75) is 32.8 Å². The highest BCUT2D eigenvalue weighted by molar-refractivity contribution is 6.31. The maximum Gasteiger partial charge on any atom is 0.405 e. The molecule has 6 nitrogen and oxygen atoms in total. The zero-order chi connectivity index (χ0) is 16.0. The highest BCUT2D eigenvalue weighted by Gasteiger charge is 2.13. The number of halogens is 1. The topological polar surface area (TPSA) is 90.7 Å². The molecule has 116 valence electrons. The van der Waals surface area contributed by atoms with Crippen LogP contribution in [0.15, 0.2) is 18.2 Å². The highest BCUT2D eigenvalue weighted by Crippen LogP contribution is 2.29. The summed E-state index contributed by atoms with van der Waals surface area (Å²) in [6, 6.07) is 5.17. The summed E-state index contributed by atoms with van der Waals surface area (Å²) in [5.74, 6) is 0.635. The van der Waals surface area contributed by atoms with Crippen LogP contribution in [0, 0.1) is 0 Å². The average Bonchev–Trinajstić information content (AvgIpc) is 2.46. The zero-order valence-corrected chi connectivity index (χ0v) is 13.0. The molecular weight excluding hydrogens is 296 g/mol. The van der Waals surface area contributed by atoms with E-state index >= 15 is 0 Å². The van der Waals surface area contributed by atoms with E-state index in [0.717, 1.165) is 0 Å². The standard InChI is InChI=1S/C9H8ClNO2.C5H11NO2/c10-6-1-2-8-7(5-6)11-9(12)3-4-13-8;1-5(2,3)8-4(6)7/h1-2,5H,3-4H2,(H,11,12);1-3H3,(H2,6,7). The molecule has 3 N–H and O–H groups in total. The van der Waals surface area contributed by atoms with Crippen LogP contribution in [0.2, 0.25) is 5.02 Å². The molecule has 21 heavy (non-hydrogen) atoms. The summed E-state index contributed by atoms with van der Waals surface area (Å²) < 4.78 is 9.91. The van der Waals surface area contributed by atoms with Crippen LogP contribution < -0.4 is 15.8 Å². The number of rotatable bonds is 0. The SMILES string of the molecule is CC(C)(C)OC(N)=O.O=C1CCOc2ccc(Cl)cc2N1. The van der Waals surface area contributed by atoms with Gasteiger partial charge in [0.05, 0.1) is 18.7 Å². The number of carbonyl (C=O) groups excluding carboxylic acids is 2. The summed E-state index contributed by atoms with van der Waals surface area (Å²) >= 11 is 5.77. The molecule has 0 saturated carbocycles. The van der Waals surface area contributed by atoms with Crippen molar-refractivity contribution in [1.29, 1.82) is 0 Å². The van der Waals surface area contributed by atoms with Crippen LogP contribution >= 0.6 is 11.6 Å². The number of ether oxygens (including phenoxy) is 2. The Morgan fingerprint density at radius 2 is 2.10 bits per heavy atom. The van der Waals surface area contributed by atoms with Crippen LogP contribution in [0.4, 0.5) is 10.5 Å². The Labute approximate surface area is 128 Å². The molecule has 0 radical (unpaired) electrons. The van der Waals surface area contributed by atoms with Gasteiger partial charge < -0.3 is 20.5 Å². The average molecular weight is 315 g/mol. The van der Waals surface area contributed by atoms with Gasteiger partial charge in [0.15, 0.2) is 0 Å². The van der Waals surface area contributed by atoms with Crippen molar-refractivity contribution >= 4 is 29.3 Å². The summed E-state index contributed by atoms with van der Waals surface area (Å²) in [6.45, 7) is 5.70. The van der Waals surface area contributed by atoms with Gasteiger partial charge >= 0.3 is 6.09 Å². The van der Waals surface area contributed by atoms with Crippen molar-refractivity contribution in [3.05, 3.63) is 23.2 Å². The van der Waals surface area contributed by atoms with Gasteiger partial charge in [-0.1, -0.05) is 11.6 Å². The van der Waals surface area contributed by atoms with E-state index in [-0.39, 0.29) is 5.91 Å². The number of anilines is 1. The molecule has 1 aliphatic rings. The lowest BCUT2D eigenvalue weighted by atomic mass is 10.2. The summed E-state index contributed by atoms with van der Waals surface area (Å²) in [7, 11) is 0. The van der Waals surface area contributed by atoms with E-state index in [4.69, 9.17) is 22.1 Å². The van der Waals surface area contributed by atoms with Gasteiger partial charge in [-0.2, -0.15) is 0 Å². The second-order valence-corrected chi connectivity index (χ2v) is 5.76. The van der Waals surface area contributed by atoms with Gasteiger partial charge in [0.1, 0.15) is 11.4 Å². The maximum absolute atomic E-state index is 11.1. The lowest BCUT2D eigenvalue weighted by Crippen LogP contribution is -2.27. The molecule has 0 saturated heterocycles. The summed E-state index contributed by atoms with van der Waals surface area (Å²) in [4.78, 5) is 21.1. The van der Waals surface area contributed by atoms with Crippen LogP contribution in [0.3, 0.4) is 0 Å². The van der Waals surface area contributed by atoms with Gasteiger partial charge in [0, 0.05) is 5.02 Å². The van der Waals surface area contributed by atoms with Crippen LogP contribution in [0.5, 0.6) is 5.75 Å². The highest BCUT2D eigenvalue weighted by atomic mass is 35.5. The van der Waals surface area contributed by atoms with Gasteiger partial charge in [-0.05, 0) is 39.0 Å². The third-order valence-corrected chi connectivity index (χ3v) is 2.44. The number of hydrogen-bond acceptors (Lipinski definition) is 4. The number of nitrogens with two attached hydrogens (primary N) is 1. The third kappa shape index (κ3) is 6.85. The fourth-order valence-corrected chi connectivity index (χ4v) is 1.67. The van der Waals surface area contributed by atoms with Crippen molar-refractivity contribution in [2.75, 3.05) is 11.9 Å². The molecule has 0 spiro atoms. The van der Waals surface area contributed by atoms with E-state index in [2.05, 4.69) is 10.1 Å². The second-order valence-electron chi connectivity index (χ2n) is 5.32. The number of carbonyl (C=O) groups is 2. The van der Waals surface area contributed by atoms with E-state index in [9.17, 15) is 9.59 Å². The first-order chi connectivity index (χ1) is 9.67. The van der Waals surface area contributed by atoms with Crippen LogP contribution in [0.25, 0.3) is 0 Å². The Morgan fingerprint density at radius 1 is 1.43 bits per heavy atom. The molecule has 1 heterocycles. The molecule has 1 aliphatic heterocycles. The first kappa shape index (κ1) is 17.1. The molecular formula is C14H19ClN2O4. The van der Waals surface area contributed by atoms with Gasteiger partial charge in [-0.25, -0.2) is 4.79 Å². The second kappa shape index (κ2) is 7.17. The summed E-state index contributed by atoms with van der Waals surface area (Å²) in [5, 5.41) is 3.30. The Balaban J connectivity index is 0.000000240. The minimum Gasteiger partial charge on any atom is -0.491 e. The Morgan fingerprint density at radius 3 is 2.62 bits per heavy atom. The molecule has 1 aromatic carbocycles. The number of fused-ring (bicyclic) bond motifs is 1. The zero-order valence-electron chi connectivity index (χ0n) is 12.2. The number of nitrogens with one attached hydrogen (secondary N) is 1. The predicted octanol–water partition coefficient (Wildman–Crippen LogP) is 2.94. The van der Waals surface area contributed by atoms with Gasteiger partial charge in [0.25, 0.3) is 0 Å². The van der Waals surface area contributed by atoms with E-state index in [0.29, 0.717) is 29.5 Å². The largest absolute Gasteiger partial charge is 0.491 e.